The fourth-order valence-corrected chi connectivity index (χ4v) is 4.68. The van der Waals surface area contributed by atoms with E-state index in [1.165, 1.54) is 0 Å². The molecule has 2 fully saturated rings. The second-order valence-corrected chi connectivity index (χ2v) is 8.67. The number of carbonyl (C=O) groups is 2. The number of piperidine rings is 1. The smallest absolute Gasteiger partial charge is 0.254 e. The number of aryl methyl sites for hydroxylation is 1. The molecule has 2 amide bonds. The van der Waals surface area contributed by atoms with Gasteiger partial charge in [-0.2, -0.15) is 0 Å². The van der Waals surface area contributed by atoms with Gasteiger partial charge in [0.05, 0.1) is 0 Å². The minimum Gasteiger partial charge on any atom is -0.353 e. The first-order chi connectivity index (χ1) is 15.1. The van der Waals surface area contributed by atoms with Crippen molar-refractivity contribution in [3.63, 3.8) is 0 Å². The quantitative estimate of drug-likeness (QED) is 0.744. The van der Waals surface area contributed by atoms with Crippen molar-refractivity contribution in [2.75, 3.05) is 44.2 Å². The van der Waals surface area contributed by atoms with Crippen LogP contribution in [0.2, 0.25) is 0 Å². The molecule has 31 heavy (non-hydrogen) atoms. The predicted molar refractivity (Wildman–Crippen MR) is 122 cm³/mol. The number of amides is 2. The van der Waals surface area contributed by atoms with Crippen LogP contribution in [0.5, 0.6) is 0 Å². The van der Waals surface area contributed by atoms with Crippen molar-refractivity contribution in [1.82, 2.24) is 14.8 Å². The zero-order valence-electron chi connectivity index (χ0n) is 18.4. The van der Waals surface area contributed by atoms with Crippen LogP contribution in [0.1, 0.15) is 41.6 Å². The van der Waals surface area contributed by atoms with Gasteiger partial charge >= 0.3 is 0 Å². The Hall–Kier alpha value is -2.89. The molecule has 0 unspecified atom stereocenters. The Morgan fingerprint density at radius 2 is 1.74 bits per heavy atom. The average molecular weight is 421 g/mol. The second kappa shape index (κ2) is 9.94. The zero-order chi connectivity index (χ0) is 21.6. The van der Waals surface area contributed by atoms with Crippen molar-refractivity contribution in [3.05, 3.63) is 59.8 Å². The number of pyridine rings is 1. The molecule has 0 radical (unpaired) electrons. The summed E-state index contributed by atoms with van der Waals surface area (Å²) in [5.41, 5.74) is 1.82. The average Bonchev–Trinajstić information content (AvgIpc) is 2.83. The molecule has 6 nitrogen and oxygen atoms in total. The van der Waals surface area contributed by atoms with Crippen LogP contribution in [0.4, 0.5) is 5.82 Å². The first-order valence-electron chi connectivity index (χ1n) is 11.4. The molecule has 0 aliphatic carbocycles. The summed E-state index contributed by atoms with van der Waals surface area (Å²) in [7, 11) is 0. The van der Waals surface area contributed by atoms with E-state index in [4.69, 9.17) is 0 Å². The van der Waals surface area contributed by atoms with Crippen molar-refractivity contribution in [3.8, 4) is 0 Å². The lowest BCUT2D eigenvalue weighted by Gasteiger charge is -2.36. The Balaban J connectivity index is 1.24. The molecule has 164 valence electrons. The summed E-state index contributed by atoms with van der Waals surface area (Å²) in [4.78, 5) is 36.3. The monoisotopic (exact) mass is 420 g/mol. The maximum absolute atomic E-state index is 12.9. The van der Waals surface area contributed by atoms with Crippen molar-refractivity contribution >= 4 is 17.6 Å². The van der Waals surface area contributed by atoms with Crippen LogP contribution in [0.15, 0.2) is 48.7 Å². The molecule has 2 aliphatic heterocycles. The van der Waals surface area contributed by atoms with Crippen molar-refractivity contribution < 1.29 is 9.59 Å². The van der Waals surface area contributed by atoms with E-state index in [9.17, 15) is 9.59 Å². The van der Waals surface area contributed by atoms with Gasteiger partial charge < -0.3 is 14.7 Å². The molecule has 4 rings (SSSR count). The van der Waals surface area contributed by atoms with E-state index in [0.29, 0.717) is 12.3 Å². The molecule has 1 atom stereocenters. The number of piperazine rings is 1. The van der Waals surface area contributed by atoms with E-state index >= 15 is 0 Å². The van der Waals surface area contributed by atoms with Crippen LogP contribution >= 0.6 is 0 Å². The van der Waals surface area contributed by atoms with E-state index in [0.717, 1.165) is 75.5 Å². The van der Waals surface area contributed by atoms with Crippen molar-refractivity contribution in [2.24, 2.45) is 5.92 Å². The van der Waals surface area contributed by atoms with Gasteiger partial charge in [0.25, 0.3) is 5.91 Å². The fourth-order valence-electron chi connectivity index (χ4n) is 4.68. The highest BCUT2D eigenvalue weighted by Gasteiger charge is 2.27. The van der Waals surface area contributed by atoms with Crippen molar-refractivity contribution in [2.45, 2.75) is 32.6 Å². The molecule has 1 aromatic heterocycles. The lowest BCUT2D eigenvalue weighted by molar-refractivity contribution is -0.131. The number of nitrogens with zero attached hydrogens (tertiary/aromatic N) is 4. The van der Waals surface area contributed by atoms with E-state index in [1.54, 1.807) is 0 Å². The van der Waals surface area contributed by atoms with Crippen LogP contribution in [0.25, 0.3) is 0 Å². The number of carbonyl (C=O) groups excluding carboxylic acids is 2. The van der Waals surface area contributed by atoms with Gasteiger partial charge in [-0.05, 0) is 55.9 Å². The maximum atomic E-state index is 12.9. The molecular formula is C25H32N4O2. The van der Waals surface area contributed by atoms with E-state index < -0.39 is 0 Å². The van der Waals surface area contributed by atoms with Crippen LogP contribution in [0, 0.1) is 12.8 Å². The van der Waals surface area contributed by atoms with Gasteiger partial charge in [0, 0.05) is 57.4 Å². The summed E-state index contributed by atoms with van der Waals surface area (Å²) < 4.78 is 0. The van der Waals surface area contributed by atoms with Gasteiger partial charge in [0.15, 0.2) is 0 Å². The van der Waals surface area contributed by atoms with Gasteiger partial charge in [-0.25, -0.2) is 4.98 Å². The Morgan fingerprint density at radius 3 is 2.48 bits per heavy atom. The normalized spacial score (nSPS) is 19.4. The Labute approximate surface area is 184 Å². The molecule has 1 aromatic carbocycles. The fraction of sp³-hybridized carbons (Fsp3) is 0.480. The largest absolute Gasteiger partial charge is 0.353 e. The summed E-state index contributed by atoms with van der Waals surface area (Å²) in [5, 5.41) is 0. The van der Waals surface area contributed by atoms with Crippen LogP contribution in [-0.4, -0.2) is 65.9 Å². The maximum Gasteiger partial charge on any atom is 0.254 e. The molecule has 3 heterocycles. The number of hydrogen-bond acceptors (Lipinski definition) is 4. The summed E-state index contributed by atoms with van der Waals surface area (Å²) in [5.74, 6) is 1.75. The Bertz CT molecular complexity index is 893. The molecule has 0 saturated carbocycles. The highest BCUT2D eigenvalue weighted by Crippen LogP contribution is 2.24. The highest BCUT2D eigenvalue weighted by molar-refractivity contribution is 5.95. The van der Waals surface area contributed by atoms with Gasteiger partial charge in [0.1, 0.15) is 5.82 Å². The predicted octanol–water partition coefficient (Wildman–Crippen LogP) is 3.37. The van der Waals surface area contributed by atoms with Gasteiger partial charge in [-0.1, -0.05) is 24.3 Å². The Morgan fingerprint density at radius 1 is 0.968 bits per heavy atom. The highest BCUT2D eigenvalue weighted by atomic mass is 16.2. The molecular weight excluding hydrogens is 388 g/mol. The molecule has 0 spiro atoms. The van der Waals surface area contributed by atoms with Gasteiger partial charge in [-0.15, -0.1) is 0 Å². The van der Waals surface area contributed by atoms with Crippen LogP contribution in [0.3, 0.4) is 0 Å². The van der Waals surface area contributed by atoms with E-state index in [2.05, 4.69) is 9.88 Å². The number of likely N-dealkylation sites (tertiary alicyclic amines) is 1. The number of anilines is 1. The van der Waals surface area contributed by atoms with Crippen LogP contribution in [-0.2, 0) is 4.79 Å². The molecule has 0 bridgehead atoms. The minimum atomic E-state index is 0.125. The SMILES string of the molecule is Cc1ccccc1C(=O)N1CCC[C@H](CCC(=O)N2CCN(c3ccccn3)CC2)C1. The standard InChI is InChI=1S/C25H32N4O2/c1-20-7-2-3-9-22(20)25(31)29-14-6-8-21(19-29)11-12-24(30)28-17-15-27(16-18-28)23-10-4-5-13-26-23/h2-5,7,9-10,13,21H,6,8,11-12,14-19H2,1H3/t21-/m1/s1. The van der Waals surface area contributed by atoms with E-state index in [1.807, 2.05) is 65.4 Å². The number of rotatable bonds is 5. The number of hydrogen-bond donors (Lipinski definition) is 0. The third-order valence-electron chi connectivity index (χ3n) is 6.55. The van der Waals surface area contributed by atoms with Gasteiger partial charge in [-0.3, -0.25) is 9.59 Å². The molecule has 2 aliphatic rings. The van der Waals surface area contributed by atoms with Crippen LogP contribution < -0.4 is 4.90 Å². The molecule has 2 aromatic rings. The summed E-state index contributed by atoms with van der Waals surface area (Å²) >= 11 is 0. The van der Waals surface area contributed by atoms with Crippen molar-refractivity contribution in [1.29, 1.82) is 0 Å². The second-order valence-electron chi connectivity index (χ2n) is 8.67. The van der Waals surface area contributed by atoms with E-state index in [-0.39, 0.29) is 11.8 Å². The third-order valence-corrected chi connectivity index (χ3v) is 6.55. The molecule has 0 N–H and O–H groups in total. The summed E-state index contributed by atoms with van der Waals surface area (Å²) in [6.45, 7) is 6.70. The minimum absolute atomic E-state index is 0.125. The first-order valence-corrected chi connectivity index (χ1v) is 11.4. The first kappa shape index (κ1) is 21.3. The number of aromatic nitrogens is 1. The zero-order valence-corrected chi connectivity index (χ0v) is 18.4. The summed E-state index contributed by atoms with van der Waals surface area (Å²) in [6.07, 6.45) is 5.35. The third kappa shape index (κ3) is 5.24. The topological polar surface area (TPSA) is 56.8 Å². The Kier molecular flexibility index (Phi) is 6.85. The number of benzene rings is 1. The summed E-state index contributed by atoms with van der Waals surface area (Å²) in [6, 6.07) is 13.7. The lowest BCUT2D eigenvalue weighted by Crippen LogP contribution is -2.49. The van der Waals surface area contributed by atoms with Gasteiger partial charge in [0.2, 0.25) is 5.91 Å². The lowest BCUT2D eigenvalue weighted by atomic mass is 9.92. The molecule has 2 saturated heterocycles. The molecule has 6 heteroatoms.